The maximum Gasteiger partial charge on any atom is 0.310 e. The highest BCUT2D eigenvalue weighted by Crippen LogP contribution is 2.61. The third-order valence-corrected chi connectivity index (χ3v) is 5.98. The zero-order valence-electron chi connectivity index (χ0n) is 11.2. The van der Waals surface area contributed by atoms with Crippen LogP contribution < -0.4 is 0 Å². The van der Waals surface area contributed by atoms with Gasteiger partial charge in [-0.2, -0.15) is 0 Å². The van der Waals surface area contributed by atoms with Gasteiger partial charge in [0.1, 0.15) is 0 Å². The average Bonchev–Trinajstić information content (AvgIpc) is 2.99. The Hall–Kier alpha value is -0.570. The fraction of sp³-hybridized carbons (Fsp3) is 0.933. The van der Waals surface area contributed by atoms with Crippen LogP contribution in [0, 0.1) is 23.2 Å². The molecule has 5 unspecified atom stereocenters. The molecule has 0 radical (unpaired) electrons. The van der Waals surface area contributed by atoms with Gasteiger partial charge in [0.2, 0.25) is 0 Å². The van der Waals surface area contributed by atoms with E-state index in [1.807, 2.05) is 0 Å². The lowest BCUT2D eigenvalue weighted by molar-refractivity contribution is -0.160. The van der Waals surface area contributed by atoms with Crippen molar-refractivity contribution >= 4 is 5.97 Å². The molecule has 0 aromatic heterocycles. The highest BCUT2D eigenvalue weighted by atomic mass is 16.5. The van der Waals surface area contributed by atoms with Gasteiger partial charge in [0.25, 0.3) is 0 Å². The predicted octanol–water partition coefficient (Wildman–Crippen LogP) is 3.08. The first-order valence-corrected chi connectivity index (χ1v) is 7.43. The summed E-state index contributed by atoms with van der Waals surface area (Å²) in [4.78, 5) is 12.0. The second-order valence-corrected chi connectivity index (χ2v) is 6.65. The lowest BCUT2D eigenvalue weighted by Gasteiger charge is -2.44. The summed E-state index contributed by atoms with van der Waals surface area (Å²) in [5.74, 6) is 0.968. The number of methoxy groups -OCH3 is 1. The molecule has 5 atom stereocenters. The molecule has 0 aromatic carbocycles. The van der Waals surface area contributed by atoms with Crippen molar-refractivity contribution in [3.05, 3.63) is 0 Å². The smallest absolute Gasteiger partial charge is 0.310 e. The van der Waals surface area contributed by atoms with Crippen molar-refractivity contribution in [1.82, 2.24) is 0 Å². The van der Waals surface area contributed by atoms with E-state index < -0.39 is 11.4 Å². The number of fused-ring (bicyclic) bond motifs is 2. The predicted molar refractivity (Wildman–Crippen MR) is 68.3 cm³/mol. The van der Waals surface area contributed by atoms with E-state index in [0.717, 1.165) is 38.5 Å². The number of carboxylic acids is 1. The van der Waals surface area contributed by atoms with Crippen LogP contribution in [0.2, 0.25) is 0 Å². The van der Waals surface area contributed by atoms with Crippen LogP contribution in [0.25, 0.3) is 0 Å². The Bertz CT molecular complexity index is 341. The van der Waals surface area contributed by atoms with Crippen molar-refractivity contribution in [3.63, 3.8) is 0 Å². The molecule has 0 spiro atoms. The van der Waals surface area contributed by atoms with Crippen molar-refractivity contribution in [3.8, 4) is 0 Å². The Morgan fingerprint density at radius 2 is 1.94 bits per heavy atom. The van der Waals surface area contributed by atoms with Gasteiger partial charge in [-0.3, -0.25) is 4.79 Å². The number of aliphatic carboxylic acids is 1. The maximum absolute atomic E-state index is 12.0. The molecule has 3 aliphatic carbocycles. The summed E-state index contributed by atoms with van der Waals surface area (Å²) < 4.78 is 5.49. The first-order valence-electron chi connectivity index (χ1n) is 7.43. The normalized spacial score (nSPS) is 47.4. The summed E-state index contributed by atoms with van der Waals surface area (Å²) in [6.07, 6.45) is 9.10. The van der Waals surface area contributed by atoms with Crippen LogP contribution in [-0.4, -0.2) is 24.3 Å². The highest BCUT2D eigenvalue weighted by molar-refractivity contribution is 5.76. The second-order valence-electron chi connectivity index (χ2n) is 6.65. The number of rotatable bonds is 3. The van der Waals surface area contributed by atoms with Crippen molar-refractivity contribution in [1.29, 1.82) is 0 Å². The maximum atomic E-state index is 12.0. The Balaban J connectivity index is 1.84. The molecule has 3 heteroatoms. The fourth-order valence-corrected chi connectivity index (χ4v) is 5.14. The quantitative estimate of drug-likeness (QED) is 0.839. The largest absolute Gasteiger partial charge is 0.481 e. The molecule has 3 nitrogen and oxygen atoms in total. The molecule has 0 amide bonds. The van der Waals surface area contributed by atoms with E-state index in [2.05, 4.69) is 0 Å². The minimum atomic E-state index is -0.517. The number of carboxylic acid groups (broad SMARTS) is 1. The van der Waals surface area contributed by atoms with Crippen LogP contribution in [0.5, 0.6) is 0 Å². The molecule has 1 N–H and O–H groups in total. The zero-order chi connectivity index (χ0) is 12.8. The number of ether oxygens (including phenoxy) is 1. The van der Waals surface area contributed by atoms with Gasteiger partial charge < -0.3 is 9.84 Å². The topological polar surface area (TPSA) is 46.5 Å². The van der Waals surface area contributed by atoms with Crippen LogP contribution in [0.1, 0.15) is 51.4 Å². The Labute approximate surface area is 109 Å². The van der Waals surface area contributed by atoms with Gasteiger partial charge in [-0.15, -0.1) is 0 Å². The molecular formula is C15H24O3. The van der Waals surface area contributed by atoms with Crippen LogP contribution in [0.3, 0.4) is 0 Å². The molecule has 3 fully saturated rings. The molecule has 0 aliphatic heterocycles. The summed E-state index contributed by atoms with van der Waals surface area (Å²) in [5.41, 5.74) is -0.403. The van der Waals surface area contributed by atoms with E-state index in [1.165, 1.54) is 12.8 Å². The van der Waals surface area contributed by atoms with Crippen molar-refractivity contribution in [2.45, 2.75) is 57.5 Å². The minimum absolute atomic E-state index is 0.291. The highest BCUT2D eigenvalue weighted by Gasteiger charge is 2.59. The summed E-state index contributed by atoms with van der Waals surface area (Å²) in [6.45, 7) is 0. The van der Waals surface area contributed by atoms with Crippen LogP contribution in [0.15, 0.2) is 0 Å². The molecule has 2 bridgehead atoms. The molecule has 3 rings (SSSR count). The number of carbonyl (C=O) groups is 1. The van der Waals surface area contributed by atoms with E-state index in [9.17, 15) is 9.90 Å². The molecule has 0 aromatic rings. The number of hydrogen-bond acceptors (Lipinski definition) is 2. The number of hydrogen-bond donors (Lipinski definition) is 1. The third-order valence-electron chi connectivity index (χ3n) is 5.98. The lowest BCUT2D eigenvalue weighted by Crippen LogP contribution is -2.45. The summed E-state index contributed by atoms with van der Waals surface area (Å²) in [5, 5.41) is 9.86. The molecule has 18 heavy (non-hydrogen) atoms. The van der Waals surface area contributed by atoms with Gasteiger partial charge in [0.15, 0.2) is 0 Å². The lowest BCUT2D eigenvalue weighted by atomic mass is 9.60. The van der Waals surface area contributed by atoms with Crippen molar-refractivity contribution < 1.29 is 14.6 Å². The first kappa shape index (κ1) is 12.5. The van der Waals surface area contributed by atoms with Gasteiger partial charge >= 0.3 is 5.97 Å². The summed E-state index contributed by atoms with van der Waals surface area (Å²) >= 11 is 0. The second kappa shape index (κ2) is 4.52. The van der Waals surface area contributed by atoms with E-state index in [-0.39, 0.29) is 0 Å². The van der Waals surface area contributed by atoms with Gasteiger partial charge in [-0.25, -0.2) is 0 Å². The molecule has 3 aliphatic rings. The monoisotopic (exact) mass is 252 g/mol. The Morgan fingerprint density at radius 1 is 1.17 bits per heavy atom. The SMILES string of the molecule is COC1CCCC(C2(C(=O)O)CC3CCC2C3)C1. The van der Waals surface area contributed by atoms with E-state index in [0.29, 0.717) is 23.9 Å². The first-order chi connectivity index (χ1) is 8.66. The third kappa shape index (κ3) is 1.70. The minimum Gasteiger partial charge on any atom is -0.481 e. The Kier molecular flexibility index (Phi) is 3.13. The fourth-order valence-electron chi connectivity index (χ4n) is 5.14. The van der Waals surface area contributed by atoms with Crippen LogP contribution in [-0.2, 0) is 9.53 Å². The van der Waals surface area contributed by atoms with Gasteiger partial charge in [-0.1, -0.05) is 12.8 Å². The molecular weight excluding hydrogens is 228 g/mol. The van der Waals surface area contributed by atoms with Gasteiger partial charge in [0.05, 0.1) is 11.5 Å². The molecule has 0 saturated heterocycles. The van der Waals surface area contributed by atoms with Crippen LogP contribution in [0.4, 0.5) is 0 Å². The van der Waals surface area contributed by atoms with Gasteiger partial charge in [0, 0.05) is 7.11 Å². The van der Waals surface area contributed by atoms with E-state index >= 15 is 0 Å². The van der Waals surface area contributed by atoms with Gasteiger partial charge in [-0.05, 0) is 56.3 Å². The summed E-state index contributed by atoms with van der Waals surface area (Å²) in [7, 11) is 1.77. The standard InChI is InChI=1S/C15H24O3/c1-18-13-4-2-3-11(8-13)15(14(16)17)9-10-5-6-12(15)7-10/h10-13H,2-9H2,1H3,(H,16,17). The van der Waals surface area contributed by atoms with Crippen molar-refractivity contribution in [2.24, 2.45) is 23.2 Å². The molecule has 0 heterocycles. The zero-order valence-corrected chi connectivity index (χ0v) is 11.2. The van der Waals surface area contributed by atoms with Crippen LogP contribution >= 0.6 is 0 Å². The molecule has 102 valence electrons. The molecule has 3 saturated carbocycles. The summed E-state index contributed by atoms with van der Waals surface area (Å²) in [6, 6.07) is 0. The Morgan fingerprint density at radius 3 is 2.50 bits per heavy atom. The van der Waals surface area contributed by atoms with E-state index in [4.69, 9.17) is 4.74 Å². The van der Waals surface area contributed by atoms with Crippen molar-refractivity contribution in [2.75, 3.05) is 7.11 Å². The van der Waals surface area contributed by atoms with E-state index in [1.54, 1.807) is 7.11 Å². The average molecular weight is 252 g/mol.